The molecule has 0 bridgehead atoms. The van der Waals surface area contributed by atoms with Crippen LogP contribution in [0, 0.1) is 0 Å². The summed E-state index contributed by atoms with van der Waals surface area (Å²) in [5, 5.41) is 6.67. The molecule has 0 aromatic heterocycles. The first-order chi connectivity index (χ1) is 10.6. The van der Waals surface area contributed by atoms with Gasteiger partial charge in [-0.2, -0.15) is 0 Å². The van der Waals surface area contributed by atoms with Crippen molar-refractivity contribution in [2.24, 2.45) is 0 Å². The number of rotatable bonds is 5. The lowest BCUT2D eigenvalue weighted by Crippen LogP contribution is -2.04. The van der Waals surface area contributed by atoms with Gasteiger partial charge in [0.25, 0.3) is 0 Å². The van der Waals surface area contributed by atoms with E-state index in [0.717, 1.165) is 25.3 Å². The molecule has 0 spiro atoms. The Balaban J connectivity index is 1.67. The first-order valence-corrected chi connectivity index (χ1v) is 9.12. The molecule has 1 aliphatic heterocycles. The fourth-order valence-electron chi connectivity index (χ4n) is 2.61. The Bertz CT molecular complexity index is 768. The fraction of sp³-hybridized carbons (Fsp3) is 0.294. The van der Waals surface area contributed by atoms with Gasteiger partial charge in [-0.15, -0.1) is 0 Å². The van der Waals surface area contributed by atoms with E-state index in [1.54, 1.807) is 19.1 Å². The molecule has 0 saturated carbocycles. The first kappa shape index (κ1) is 15.1. The normalized spacial score (nSPS) is 13.9. The molecule has 0 fully saturated rings. The van der Waals surface area contributed by atoms with Gasteiger partial charge in [-0.1, -0.05) is 25.1 Å². The van der Waals surface area contributed by atoms with Gasteiger partial charge in [0.15, 0.2) is 9.84 Å². The maximum absolute atomic E-state index is 11.8. The Morgan fingerprint density at radius 1 is 1.05 bits per heavy atom. The van der Waals surface area contributed by atoms with Crippen LogP contribution < -0.4 is 10.6 Å². The van der Waals surface area contributed by atoms with Crippen molar-refractivity contribution < 1.29 is 8.42 Å². The summed E-state index contributed by atoms with van der Waals surface area (Å²) in [6.07, 6.45) is 0. The number of benzene rings is 2. The summed E-state index contributed by atoms with van der Waals surface area (Å²) in [7, 11) is -3.12. The van der Waals surface area contributed by atoms with Crippen molar-refractivity contribution in [2.75, 3.05) is 11.1 Å². The standard InChI is InChI=1S/C17H20N2O2S/c1-2-22(20,21)17-7-5-16(6-8-17)19-10-13-3-4-14-11-18-12-15(14)9-13/h3-9,18-19H,2,10-12H2,1H3. The van der Waals surface area contributed by atoms with Gasteiger partial charge in [-0.3, -0.25) is 0 Å². The molecule has 22 heavy (non-hydrogen) atoms. The number of nitrogens with one attached hydrogen (secondary N) is 2. The van der Waals surface area contributed by atoms with Crippen LogP contribution in [-0.4, -0.2) is 14.2 Å². The monoisotopic (exact) mass is 316 g/mol. The lowest BCUT2D eigenvalue weighted by Gasteiger charge is -2.09. The SMILES string of the molecule is CCS(=O)(=O)c1ccc(NCc2ccc3c(c2)CNC3)cc1. The number of sulfone groups is 1. The highest BCUT2D eigenvalue weighted by Gasteiger charge is 2.11. The summed E-state index contributed by atoms with van der Waals surface area (Å²) in [5.74, 6) is 0.128. The minimum Gasteiger partial charge on any atom is -0.381 e. The highest BCUT2D eigenvalue weighted by Crippen LogP contribution is 2.19. The Kier molecular flexibility index (Phi) is 4.18. The van der Waals surface area contributed by atoms with Gasteiger partial charge in [0.2, 0.25) is 0 Å². The van der Waals surface area contributed by atoms with Gasteiger partial charge in [0.05, 0.1) is 10.6 Å². The molecule has 0 saturated heterocycles. The minimum absolute atomic E-state index is 0.128. The smallest absolute Gasteiger partial charge is 0.178 e. The van der Waals surface area contributed by atoms with Crippen molar-refractivity contribution in [1.29, 1.82) is 0 Å². The van der Waals surface area contributed by atoms with E-state index in [4.69, 9.17) is 0 Å². The van der Waals surface area contributed by atoms with E-state index in [1.807, 2.05) is 12.1 Å². The summed E-state index contributed by atoms with van der Waals surface area (Å²) in [6.45, 7) is 4.28. The average Bonchev–Trinajstić information content (AvgIpc) is 3.01. The van der Waals surface area contributed by atoms with Gasteiger partial charge in [-0.05, 0) is 41.0 Å². The predicted molar refractivity (Wildman–Crippen MR) is 88.5 cm³/mol. The molecular formula is C17H20N2O2S. The van der Waals surface area contributed by atoms with Gasteiger partial charge < -0.3 is 10.6 Å². The van der Waals surface area contributed by atoms with Crippen LogP contribution in [0.4, 0.5) is 5.69 Å². The molecule has 2 N–H and O–H groups in total. The van der Waals surface area contributed by atoms with Crippen LogP contribution in [0.15, 0.2) is 47.4 Å². The van der Waals surface area contributed by atoms with E-state index >= 15 is 0 Å². The molecule has 2 aromatic rings. The van der Waals surface area contributed by atoms with Crippen LogP contribution in [0.3, 0.4) is 0 Å². The van der Waals surface area contributed by atoms with Crippen molar-refractivity contribution >= 4 is 15.5 Å². The molecule has 1 aliphatic rings. The second kappa shape index (κ2) is 6.10. The quantitative estimate of drug-likeness (QED) is 0.890. The maximum Gasteiger partial charge on any atom is 0.178 e. The van der Waals surface area contributed by atoms with E-state index in [2.05, 4.69) is 28.8 Å². The van der Waals surface area contributed by atoms with E-state index in [0.29, 0.717) is 4.90 Å². The summed E-state index contributed by atoms with van der Waals surface area (Å²) < 4.78 is 23.5. The minimum atomic E-state index is -3.12. The Morgan fingerprint density at radius 2 is 1.77 bits per heavy atom. The molecule has 116 valence electrons. The number of fused-ring (bicyclic) bond motifs is 1. The average molecular weight is 316 g/mol. The molecule has 0 amide bonds. The largest absolute Gasteiger partial charge is 0.381 e. The summed E-state index contributed by atoms with van der Waals surface area (Å²) in [4.78, 5) is 0.379. The van der Waals surface area contributed by atoms with Crippen LogP contribution in [-0.2, 0) is 29.5 Å². The number of anilines is 1. The van der Waals surface area contributed by atoms with Crippen LogP contribution in [0.1, 0.15) is 23.6 Å². The zero-order valence-corrected chi connectivity index (χ0v) is 13.4. The van der Waals surface area contributed by atoms with Crippen LogP contribution in [0.25, 0.3) is 0 Å². The topological polar surface area (TPSA) is 58.2 Å². The lowest BCUT2D eigenvalue weighted by molar-refractivity contribution is 0.597. The summed E-state index contributed by atoms with van der Waals surface area (Å²) in [6, 6.07) is 13.5. The van der Waals surface area contributed by atoms with E-state index in [9.17, 15) is 8.42 Å². The Labute approximate surface area is 131 Å². The molecule has 0 atom stereocenters. The molecule has 5 heteroatoms. The van der Waals surface area contributed by atoms with Crippen LogP contribution in [0.5, 0.6) is 0 Å². The first-order valence-electron chi connectivity index (χ1n) is 7.46. The van der Waals surface area contributed by atoms with Crippen molar-refractivity contribution in [3.8, 4) is 0 Å². The van der Waals surface area contributed by atoms with Crippen molar-refractivity contribution in [3.05, 3.63) is 59.2 Å². The molecule has 0 radical (unpaired) electrons. The predicted octanol–water partition coefficient (Wildman–Crippen LogP) is 2.70. The summed E-state index contributed by atoms with van der Waals surface area (Å²) >= 11 is 0. The van der Waals surface area contributed by atoms with Gasteiger partial charge in [-0.25, -0.2) is 8.42 Å². The third-order valence-electron chi connectivity index (χ3n) is 3.99. The van der Waals surface area contributed by atoms with Gasteiger partial charge in [0, 0.05) is 25.3 Å². The third kappa shape index (κ3) is 3.15. The van der Waals surface area contributed by atoms with Crippen molar-refractivity contribution in [1.82, 2.24) is 5.32 Å². The molecule has 3 rings (SSSR count). The molecule has 1 heterocycles. The van der Waals surface area contributed by atoms with Crippen molar-refractivity contribution in [2.45, 2.75) is 31.5 Å². The Morgan fingerprint density at radius 3 is 2.50 bits per heavy atom. The molecule has 0 aliphatic carbocycles. The van der Waals surface area contributed by atoms with E-state index in [-0.39, 0.29) is 5.75 Å². The number of hydrogen-bond donors (Lipinski definition) is 2. The lowest BCUT2D eigenvalue weighted by atomic mass is 10.1. The van der Waals surface area contributed by atoms with Gasteiger partial charge in [0.1, 0.15) is 0 Å². The third-order valence-corrected chi connectivity index (χ3v) is 5.74. The Hall–Kier alpha value is -1.85. The van der Waals surface area contributed by atoms with E-state index in [1.165, 1.54) is 16.7 Å². The second-order valence-electron chi connectivity index (χ2n) is 5.49. The number of hydrogen-bond acceptors (Lipinski definition) is 4. The molecular weight excluding hydrogens is 296 g/mol. The zero-order valence-electron chi connectivity index (χ0n) is 12.6. The van der Waals surface area contributed by atoms with E-state index < -0.39 is 9.84 Å². The highest BCUT2D eigenvalue weighted by molar-refractivity contribution is 7.91. The summed E-state index contributed by atoms with van der Waals surface area (Å²) in [5.41, 5.74) is 4.89. The second-order valence-corrected chi connectivity index (χ2v) is 7.77. The molecule has 2 aromatic carbocycles. The molecule has 0 unspecified atom stereocenters. The zero-order chi connectivity index (χ0) is 15.6. The molecule has 4 nitrogen and oxygen atoms in total. The van der Waals surface area contributed by atoms with Gasteiger partial charge >= 0.3 is 0 Å². The van der Waals surface area contributed by atoms with Crippen molar-refractivity contribution in [3.63, 3.8) is 0 Å². The highest BCUT2D eigenvalue weighted by atomic mass is 32.2. The van der Waals surface area contributed by atoms with Crippen LogP contribution >= 0.6 is 0 Å². The fourth-order valence-corrected chi connectivity index (χ4v) is 3.49. The van der Waals surface area contributed by atoms with Crippen LogP contribution in [0.2, 0.25) is 0 Å². The maximum atomic E-state index is 11.8.